The van der Waals surface area contributed by atoms with Crippen molar-refractivity contribution in [3.8, 4) is 39.5 Å². The first-order valence-corrected chi connectivity index (χ1v) is 8.01. The van der Waals surface area contributed by atoms with Crippen molar-refractivity contribution in [1.82, 2.24) is 15.0 Å². The second-order valence-corrected chi connectivity index (χ2v) is 5.64. The Labute approximate surface area is 153 Å². The topological polar surface area (TPSA) is 72.2 Å². The lowest BCUT2D eigenvalue weighted by molar-refractivity contribution is 0.324. The highest BCUT2D eigenvalue weighted by atomic mass is 16.5. The minimum absolute atomic E-state index is 0.125. The Hall–Kier alpha value is -3.41. The zero-order chi connectivity index (χ0) is 19.8. The summed E-state index contributed by atoms with van der Waals surface area (Å²) in [5.41, 5.74) is 4.18. The van der Waals surface area contributed by atoms with Crippen molar-refractivity contribution < 1.29 is 17.0 Å². The molecule has 132 valence electrons. The van der Waals surface area contributed by atoms with Crippen LogP contribution in [0.15, 0.2) is 49.0 Å². The van der Waals surface area contributed by atoms with E-state index in [0.29, 0.717) is 33.9 Å². The summed E-state index contributed by atoms with van der Waals surface area (Å²) in [6.07, 6.45) is 3.77. The molecule has 0 unspecified atom stereocenters. The number of aromatic nitrogens is 3. The Balaban J connectivity index is 2.00. The highest BCUT2D eigenvalue weighted by molar-refractivity contribution is 5.97. The summed E-state index contributed by atoms with van der Waals surface area (Å²) in [6, 6.07) is 7.31. The zero-order valence-corrected chi connectivity index (χ0v) is 14.6. The number of ether oxygens (including phenoxy) is 3. The number of H-pyrrole nitrogens is 2. The van der Waals surface area contributed by atoms with Gasteiger partial charge in [-0.25, -0.2) is 0 Å². The molecule has 6 nitrogen and oxygen atoms in total. The van der Waals surface area contributed by atoms with Gasteiger partial charge in [-0.3, -0.25) is 4.98 Å². The number of aromatic amines is 2. The molecule has 0 aliphatic rings. The first-order chi connectivity index (χ1) is 13.6. The maximum atomic E-state index is 8.42. The summed E-state index contributed by atoms with van der Waals surface area (Å²) in [6.45, 7) is 0. The third kappa shape index (κ3) is 2.47. The van der Waals surface area contributed by atoms with Crippen molar-refractivity contribution in [2.75, 3.05) is 21.3 Å². The number of benzene rings is 1. The molecule has 4 aromatic rings. The molecular formula is C20H19N3O3. The van der Waals surface area contributed by atoms with E-state index in [1.807, 2.05) is 12.1 Å². The molecule has 2 N–H and O–H groups in total. The van der Waals surface area contributed by atoms with Crippen LogP contribution in [-0.4, -0.2) is 36.3 Å². The number of pyridine rings is 1. The Kier molecular flexibility index (Phi) is 3.45. The van der Waals surface area contributed by atoms with Crippen LogP contribution in [0, 0.1) is 0 Å². The fourth-order valence-corrected chi connectivity index (χ4v) is 3.07. The average Bonchev–Trinajstić information content (AvgIpc) is 3.26. The van der Waals surface area contributed by atoms with Gasteiger partial charge in [0.05, 0.1) is 35.1 Å². The van der Waals surface area contributed by atoms with E-state index in [1.165, 1.54) is 7.11 Å². The first kappa shape index (κ1) is 13.8. The summed E-state index contributed by atoms with van der Waals surface area (Å²) in [7, 11) is 4.62. The summed E-state index contributed by atoms with van der Waals surface area (Å²) in [4.78, 5) is 10.4. The van der Waals surface area contributed by atoms with Crippen LogP contribution in [0.25, 0.3) is 33.3 Å². The van der Waals surface area contributed by atoms with Gasteiger partial charge in [0.15, 0.2) is 11.5 Å². The van der Waals surface area contributed by atoms with Gasteiger partial charge in [-0.15, -0.1) is 0 Å². The summed E-state index contributed by atoms with van der Waals surface area (Å²) >= 11 is 0. The third-order valence-electron chi connectivity index (χ3n) is 4.28. The Morgan fingerprint density at radius 2 is 1.69 bits per heavy atom. The first-order valence-electron chi connectivity index (χ1n) is 9.01. The maximum Gasteiger partial charge on any atom is 0.203 e. The average molecular weight is 351 g/mol. The number of hydrogen-bond acceptors (Lipinski definition) is 4. The highest BCUT2D eigenvalue weighted by Gasteiger charge is 2.18. The molecule has 0 spiro atoms. The smallest absolute Gasteiger partial charge is 0.203 e. The van der Waals surface area contributed by atoms with Gasteiger partial charge in [-0.1, -0.05) is 0 Å². The molecule has 3 heterocycles. The Morgan fingerprint density at radius 1 is 0.962 bits per heavy atom. The van der Waals surface area contributed by atoms with E-state index in [1.54, 1.807) is 38.7 Å². The molecule has 0 amide bonds. The fourth-order valence-electron chi connectivity index (χ4n) is 3.07. The molecule has 3 aromatic heterocycles. The van der Waals surface area contributed by atoms with Gasteiger partial charge in [0, 0.05) is 41.4 Å². The number of hydrogen-bond donors (Lipinski definition) is 2. The predicted octanol–water partition coefficient (Wildman–Crippen LogP) is 4.25. The van der Waals surface area contributed by atoms with E-state index in [4.69, 9.17) is 17.0 Å². The van der Waals surface area contributed by atoms with E-state index in [9.17, 15) is 0 Å². The summed E-state index contributed by atoms with van der Waals surface area (Å²) < 4.78 is 33.1. The Morgan fingerprint density at radius 3 is 2.38 bits per heavy atom. The van der Waals surface area contributed by atoms with E-state index in [-0.39, 0.29) is 12.3 Å². The molecule has 6 heteroatoms. The molecule has 0 aliphatic carbocycles. The second kappa shape index (κ2) is 6.48. The number of nitrogens with one attached hydrogen (secondary N) is 2. The SMILES string of the molecule is [2H]c1[nH]c([2H])c(-c2c[nH]c3cccnc23)c1-c1cc(OC)c(OC)c(OC)c1. The minimum atomic E-state index is 0.125. The van der Waals surface area contributed by atoms with Crippen LogP contribution in [0.3, 0.4) is 0 Å². The standard InChI is InChI=1S/C20H19N3O3/c1-24-17-7-12(8-18(25-2)20(17)26-3)13-9-21-10-14(13)15-11-23-16-5-4-6-22-19(15)16/h4-11,21,23H,1-3H3/i9D,10D. The maximum absolute atomic E-state index is 8.42. The monoisotopic (exact) mass is 351 g/mol. The van der Waals surface area contributed by atoms with E-state index in [0.717, 1.165) is 16.6 Å². The van der Waals surface area contributed by atoms with E-state index < -0.39 is 0 Å². The lowest BCUT2D eigenvalue weighted by Gasteiger charge is -2.14. The van der Waals surface area contributed by atoms with Crippen LogP contribution in [-0.2, 0) is 0 Å². The fraction of sp³-hybridized carbons (Fsp3) is 0.150. The normalized spacial score (nSPS) is 12.0. The van der Waals surface area contributed by atoms with Crippen LogP contribution >= 0.6 is 0 Å². The minimum Gasteiger partial charge on any atom is -0.493 e. The number of nitrogens with zero attached hydrogens (tertiary/aromatic N) is 1. The quantitative estimate of drug-likeness (QED) is 0.564. The van der Waals surface area contributed by atoms with Crippen LogP contribution in [0.2, 0.25) is 0 Å². The molecular weight excluding hydrogens is 330 g/mol. The molecule has 0 aliphatic heterocycles. The molecule has 26 heavy (non-hydrogen) atoms. The van der Waals surface area contributed by atoms with Gasteiger partial charge < -0.3 is 24.2 Å². The molecule has 0 bridgehead atoms. The van der Waals surface area contributed by atoms with Crippen molar-refractivity contribution >= 4 is 11.0 Å². The zero-order valence-electron chi connectivity index (χ0n) is 16.6. The van der Waals surface area contributed by atoms with Gasteiger partial charge >= 0.3 is 0 Å². The number of rotatable bonds is 5. The van der Waals surface area contributed by atoms with E-state index in [2.05, 4.69) is 15.0 Å². The third-order valence-corrected chi connectivity index (χ3v) is 4.28. The van der Waals surface area contributed by atoms with Gasteiger partial charge in [0.2, 0.25) is 5.75 Å². The van der Waals surface area contributed by atoms with Crippen molar-refractivity contribution in [2.45, 2.75) is 0 Å². The molecule has 4 rings (SSSR count). The van der Waals surface area contributed by atoms with Crippen LogP contribution in [0.5, 0.6) is 17.2 Å². The highest BCUT2D eigenvalue weighted by Crippen LogP contribution is 2.43. The Bertz CT molecular complexity index is 1140. The molecule has 0 fully saturated rings. The van der Waals surface area contributed by atoms with Crippen molar-refractivity contribution in [3.63, 3.8) is 0 Å². The molecule has 0 saturated carbocycles. The van der Waals surface area contributed by atoms with Crippen molar-refractivity contribution in [2.24, 2.45) is 0 Å². The molecule has 0 radical (unpaired) electrons. The van der Waals surface area contributed by atoms with Crippen LogP contribution < -0.4 is 14.2 Å². The number of fused-ring (bicyclic) bond motifs is 1. The molecule has 0 atom stereocenters. The number of methoxy groups -OCH3 is 3. The van der Waals surface area contributed by atoms with Gasteiger partial charge in [0.25, 0.3) is 0 Å². The van der Waals surface area contributed by atoms with Gasteiger partial charge in [0.1, 0.15) is 0 Å². The van der Waals surface area contributed by atoms with Crippen molar-refractivity contribution in [3.05, 3.63) is 49.0 Å². The molecule has 0 saturated heterocycles. The van der Waals surface area contributed by atoms with Gasteiger partial charge in [-0.2, -0.15) is 0 Å². The lowest BCUT2D eigenvalue weighted by Crippen LogP contribution is -1.95. The second-order valence-electron chi connectivity index (χ2n) is 5.64. The summed E-state index contributed by atoms with van der Waals surface area (Å²) in [5.74, 6) is 1.43. The van der Waals surface area contributed by atoms with Crippen LogP contribution in [0.4, 0.5) is 0 Å². The van der Waals surface area contributed by atoms with Crippen LogP contribution in [0.1, 0.15) is 2.74 Å². The molecule has 1 aromatic carbocycles. The summed E-state index contributed by atoms with van der Waals surface area (Å²) in [5, 5.41) is 0. The van der Waals surface area contributed by atoms with Crippen molar-refractivity contribution in [1.29, 1.82) is 0 Å². The van der Waals surface area contributed by atoms with E-state index >= 15 is 0 Å². The van der Waals surface area contributed by atoms with Gasteiger partial charge in [-0.05, 0) is 29.8 Å². The largest absolute Gasteiger partial charge is 0.493 e. The lowest BCUT2D eigenvalue weighted by atomic mass is 9.99. The predicted molar refractivity (Wildman–Crippen MR) is 101 cm³/mol.